The largest absolute Gasteiger partial charge is 0.408 e. The fourth-order valence-electron chi connectivity index (χ4n) is 1.81. The second-order valence-electron chi connectivity index (χ2n) is 5.23. The third-order valence-corrected chi connectivity index (χ3v) is 2.98. The van der Waals surface area contributed by atoms with Crippen molar-refractivity contribution in [2.45, 2.75) is 31.9 Å². The van der Waals surface area contributed by atoms with Crippen LogP contribution in [0.15, 0.2) is 17.3 Å². The lowest BCUT2D eigenvalue weighted by molar-refractivity contribution is -0.137. The molecule has 9 nitrogen and oxygen atoms in total. The SMILES string of the molecule is NC(=O)C(=O)NCCCCCc1nccc(NC(N)=NCC(F)(F)F)n1. The van der Waals surface area contributed by atoms with Crippen molar-refractivity contribution in [3.8, 4) is 0 Å². The number of halogens is 3. The number of nitrogens with one attached hydrogen (secondary N) is 2. The van der Waals surface area contributed by atoms with Gasteiger partial charge in [0.25, 0.3) is 0 Å². The van der Waals surface area contributed by atoms with Gasteiger partial charge in [-0.2, -0.15) is 13.2 Å². The minimum Gasteiger partial charge on any atom is -0.370 e. The molecule has 0 radical (unpaired) electrons. The van der Waals surface area contributed by atoms with Crippen molar-refractivity contribution in [2.75, 3.05) is 18.4 Å². The van der Waals surface area contributed by atoms with E-state index in [0.717, 1.165) is 6.42 Å². The van der Waals surface area contributed by atoms with Gasteiger partial charge in [-0.3, -0.25) is 9.59 Å². The molecule has 0 atom stereocenters. The Kier molecular flexibility index (Phi) is 8.25. The highest BCUT2D eigenvalue weighted by atomic mass is 19.4. The average molecular weight is 375 g/mol. The zero-order valence-electron chi connectivity index (χ0n) is 13.8. The third-order valence-electron chi connectivity index (χ3n) is 2.98. The Balaban J connectivity index is 2.36. The summed E-state index contributed by atoms with van der Waals surface area (Å²) in [6.45, 7) is -1.05. The summed E-state index contributed by atoms with van der Waals surface area (Å²) >= 11 is 0. The Morgan fingerprint density at radius 1 is 1.19 bits per heavy atom. The van der Waals surface area contributed by atoms with Crippen molar-refractivity contribution in [3.05, 3.63) is 18.1 Å². The van der Waals surface area contributed by atoms with Gasteiger partial charge < -0.3 is 22.1 Å². The molecule has 0 unspecified atom stereocenters. The van der Waals surface area contributed by atoms with Gasteiger partial charge in [0.05, 0.1) is 0 Å². The Morgan fingerprint density at radius 2 is 1.92 bits per heavy atom. The van der Waals surface area contributed by atoms with Crippen molar-refractivity contribution in [3.63, 3.8) is 0 Å². The first-order valence-electron chi connectivity index (χ1n) is 7.70. The Bertz CT molecular complexity index is 650. The number of carbonyl (C=O) groups excluding carboxylic acids is 2. The molecule has 1 rings (SSSR count). The highest BCUT2D eigenvalue weighted by Crippen LogP contribution is 2.14. The molecule has 6 N–H and O–H groups in total. The maximum Gasteiger partial charge on any atom is 0.408 e. The van der Waals surface area contributed by atoms with E-state index in [9.17, 15) is 22.8 Å². The van der Waals surface area contributed by atoms with Crippen LogP contribution < -0.4 is 22.1 Å². The second kappa shape index (κ2) is 10.2. The molecule has 0 saturated carbocycles. The number of aromatic nitrogens is 2. The number of carbonyl (C=O) groups is 2. The van der Waals surface area contributed by atoms with E-state index in [1.165, 1.54) is 12.3 Å². The molecular weight excluding hydrogens is 355 g/mol. The quantitative estimate of drug-likeness (QED) is 0.219. The maximum absolute atomic E-state index is 12.1. The number of hydrogen-bond donors (Lipinski definition) is 4. The highest BCUT2D eigenvalue weighted by molar-refractivity contribution is 6.34. The number of amides is 2. The van der Waals surface area contributed by atoms with Gasteiger partial charge in [-0.15, -0.1) is 0 Å². The van der Waals surface area contributed by atoms with E-state index in [4.69, 9.17) is 11.5 Å². The number of nitrogens with zero attached hydrogens (tertiary/aromatic N) is 3. The van der Waals surface area contributed by atoms with E-state index in [-0.39, 0.29) is 5.82 Å². The lowest BCUT2D eigenvalue weighted by Gasteiger charge is -2.07. The van der Waals surface area contributed by atoms with Crippen LogP contribution in [0.4, 0.5) is 19.0 Å². The van der Waals surface area contributed by atoms with Gasteiger partial charge in [-0.25, -0.2) is 15.0 Å². The van der Waals surface area contributed by atoms with Gasteiger partial charge in [0.2, 0.25) is 0 Å². The van der Waals surface area contributed by atoms with Gasteiger partial charge in [0.15, 0.2) is 5.96 Å². The molecule has 2 amide bonds. The molecule has 0 saturated heterocycles. The van der Waals surface area contributed by atoms with Crippen LogP contribution in [0.25, 0.3) is 0 Å². The minimum atomic E-state index is -4.43. The molecule has 0 bridgehead atoms. The summed E-state index contributed by atoms with van der Waals surface area (Å²) in [4.78, 5) is 32.8. The molecule has 1 heterocycles. The highest BCUT2D eigenvalue weighted by Gasteiger charge is 2.26. The molecular formula is C14H20F3N7O2. The molecule has 0 aliphatic carbocycles. The summed E-state index contributed by atoms with van der Waals surface area (Å²) in [6.07, 6.45) is -0.343. The van der Waals surface area contributed by atoms with Gasteiger partial charge >= 0.3 is 18.0 Å². The van der Waals surface area contributed by atoms with Gasteiger partial charge in [-0.1, -0.05) is 6.42 Å². The summed E-state index contributed by atoms with van der Waals surface area (Å²) in [5.41, 5.74) is 10.2. The first-order valence-corrected chi connectivity index (χ1v) is 7.70. The molecule has 1 aromatic heterocycles. The van der Waals surface area contributed by atoms with E-state index in [1.54, 1.807) is 0 Å². The summed E-state index contributed by atoms with van der Waals surface area (Å²) in [5, 5.41) is 4.85. The number of unbranched alkanes of at least 4 members (excludes halogenated alkanes) is 2. The van der Waals surface area contributed by atoms with E-state index in [2.05, 4.69) is 25.6 Å². The van der Waals surface area contributed by atoms with Gasteiger partial charge in [-0.05, 0) is 18.9 Å². The summed E-state index contributed by atoms with van der Waals surface area (Å²) < 4.78 is 36.2. The first kappa shape index (κ1) is 21.1. The van der Waals surface area contributed by atoms with Crippen LogP contribution in [0, 0.1) is 0 Å². The number of aliphatic imine (C=N–C) groups is 1. The van der Waals surface area contributed by atoms with Crippen molar-refractivity contribution in [2.24, 2.45) is 16.5 Å². The number of primary amides is 1. The van der Waals surface area contributed by atoms with Gasteiger partial charge in [0, 0.05) is 19.2 Å². The zero-order chi connectivity index (χ0) is 19.6. The third kappa shape index (κ3) is 9.39. The van der Waals surface area contributed by atoms with Crippen LogP contribution in [-0.2, 0) is 16.0 Å². The number of alkyl halides is 3. The topological polar surface area (TPSA) is 148 Å². The Hall–Kier alpha value is -2.92. The molecule has 0 aliphatic heterocycles. The van der Waals surface area contributed by atoms with Crippen LogP contribution in [0.5, 0.6) is 0 Å². The number of rotatable bonds is 8. The van der Waals surface area contributed by atoms with E-state index < -0.39 is 30.5 Å². The molecule has 0 spiro atoms. The fraction of sp³-hybridized carbons (Fsp3) is 0.500. The Morgan fingerprint density at radius 3 is 2.58 bits per heavy atom. The average Bonchev–Trinajstić information content (AvgIpc) is 2.55. The van der Waals surface area contributed by atoms with Crippen molar-refractivity contribution in [1.82, 2.24) is 15.3 Å². The molecule has 0 fully saturated rings. The summed E-state index contributed by atoms with van der Waals surface area (Å²) in [5.74, 6) is -1.51. The van der Waals surface area contributed by atoms with Crippen LogP contribution in [-0.4, -0.2) is 47.0 Å². The standard InChI is InChI=1S/C14H20F3N7O2/c15-14(16,17)8-22-13(19)24-10-5-7-20-9(23-10)4-2-1-3-6-21-12(26)11(18)25/h5,7H,1-4,6,8H2,(H2,18,25)(H,21,26)(H3,19,20,22,23,24). The van der Waals surface area contributed by atoms with E-state index in [0.29, 0.717) is 31.6 Å². The smallest absolute Gasteiger partial charge is 0.370 e. The number of nitrogens with two attached hydrogens (primary N) is 2. The lowest BCUT2D eigenvalue weighted by atomic mass is 10.2. The van der Waals surface area contributed by atoms with E-state index in [1.807, 2.05) is 0 Å². The molecule has 1 aromatic rings. The van der Waals surface area contributed by atoms with Crippen LogP contribution >= 0.6 is 0 Å². The minimum absolute atomic E-state index is 0.243. The lowest BCUT2D eigenvalue weighted by Crippen LogP contribution is -2.36. The predicted molar refractivity (Wildman–Crippen MR) is 88.0 cm³/mol. The number of guanidine groups is 1. The van der Waals surface area contributed by atoms with Crippen LogP contribution in [0.1, 0.15) is 25.1 Å². The molecule has 26 heavy (non-hydrogen) atoms. The van der Waals surface area contributed by atoms with Crippen LogP contribution in [0.2, 0.25) is 0 Å². The zero-order valence-corrected chi connectivity index (χ0v) is 13.8. The monoisotopic (exact) mass is 375 g/mol. The molecule has 12 heteroatoms. The van der Waals surface area contributed by atoms with Crippen molar-refractivity contribution < 1.29 is 22.8 Å². The molecule has 0 aromatic carbocycles. The summed E-state index contributed by atoms with van der Waals surface area (Å²) in [6, 6.07) is 1.46. The molecule has 144 valence electrons. The number of hydrogen-bond acceptors (Lipinski definition) is 5. The normalized spacial score (nSPS) is 11.9. The first-order chi connectivity index (χ1) is 12.2. The predicted octanol–water partition coefficient (Wildman–Crippen LogP) is 0.0798. The number of anilines is 1. The Labute approximate surface area is 147 Å². The maximum atomic E-state index is 12.1. The summed E-state index contributed by atoms with van der Waals surface area (Å²) in [7, 11) is 0. The second-order valence-corrected chi connectivity index (χ2v) is 5.23. The van der Waals surface area contributed by atoms with E-state index >= 15 is 0 Å². The molecule has 0 aliphatic rings. The van der Waals surface area contributed by atoms with Crippen molar-refractivity contribution >= 4 is 23.6 Å². The van der Waals surface area contributed by atoms with Gasteiger partial charge in [0.1, 0.15) is 18.2 Å². The number of aryl methyl sites for hydroxylation is 1. The van der Waals surface area contributed by atoms with Crippen molar-refractivity contribution in [1.29, 1.82) is 0 Å². The van der Waals surface area contributed by atoms with Crippen LogP contribution in [0.3, 0.4) is 0 Å². The fourth-order valence-corrected chi connectivity index (χ4v) is 1.81.